The van der Waals surface area contributed by atoms with E-state index in [0.717, 1.165) is 35.6 Å². The Bertz CT molecular complexity index is 581. The number of sulfonamides is 1. The standard InChI is InChI=1S/C16H24N2O3S/c17-16(19)18(13-7-10-14-8-3-1-4-9-14)22(20,21)15-11-5-2-6-12-15/h1,3-4,8-9,15H,2,5-7,10-13H2,(H2,17,19). The lowest BCUT2D eigenvalue weighted by Crippen LogP contribution is -2.46. The summed E-state index contributed by atoms with van der Waals surface area (Å²) in [5.41, 5.74) is 6.44. The van der Waals surface area contributed by atoms with Gasteiger partial charge in [0, 0.05) is 6.54 Å². The van der Waals surface area contributed by atoms with Crippen LogP contribution in [0.3, 0.4) is 0 Å². The van der Waals surface area contributed by atoms with Crippen LogP contribution in [0.5, 0.6) is 0 Å². The number of benzene rings is 1. The molecule has 0 radical (unpaired) electrons. The number of hydrogen-bond acceptors (Lipinski definition) is 3. The van der Waals surface area contributed by atoms with Gasteiger partial charge in [0.1, 0.15) is 0 Å². The first-order valence-electron chi connectivity index (χ1n) is 7.86. The highest BCUT2D eigenvalue weighted by Gasteiger charge is 2.34. The Morgan fingerprint density at radius 1 is 1.14 bits per heavy atom. The second-order valence-corrected chi connectivity index (χ2v) is 7.94. The number of hydrogen-bond donors (Lipinski definition) is 1. The van der Waals surface area contributed by atoms with Gasteiger partial charge in [-0.1, -0.05) is 49.6 Å². The summed E-state index contributed by atoms with van der Waals surface area (Å²) in [7, 11) is -3.62. The summed E-state index contributed by atoms with van der Waals surface area (Å²) in [4.78, 5) is 11.6. The maximum absolute atomic E-state index is 12.6. The van der Waals surface area contributed by atoms with Crippen molar-refractivity contribution in [3.63, 3.8) is 0 Å². The molecule has 0 unspecified atom stereocenters. The van der Waals surface area contributed by atoms with E-state index in [-0.39, 0.29) is 6.54 Å². The number of rotatable bonds is 6. The summed E-state index contributed by atoms with van der Waals surface area (Å²) < 4.78 is 26.1. The molecule has 1 aromatic carbocycles. The monoisotopic (exact) mass is 324 g/mol. The Labute approximate surface area is 132 Å². The van der Waals surface area contributed by atoms with Crippen LogP contribution in [0, 0.1) is 0 Å². The highest BCUT2D eigenvalue weighted by Crippen LogP contribution is 2.26. The second-order valence-electron chi connectivity index (χ2n) is 5.80. The number of carbonyl (C=O) groups is 1. The van der Waals surface area contributed by atoms with Crippen molar-refractivity contribution in [2.75, 3.05) is 6.54 Å². The molecular formula is C16H24N2O3S. The zero-order chi connectivity index (χ0) is 16.0. The van der Waals surface area contributed by atoms with Gasteiger partial charge in [-0.2, -0.15) is 0 Å². The van der Waals surface area contributed by atoms with Gasteiger partial charge in [0.25, 0.3) is 0 Å². The zero-order valence-electron chi connectivity index (χ0n) is 12.8. The van der Waals surface area contributed by atoms with Crippen LogP contribution in [-0.2, 0) is 16.4 Å². The number of nitrogens with two attached hydrogens (primary N) is 1. The van der Waals surface area contributed by atoms with E-state index in [4.69, 9.17) is 5.73 Å². The molecule has 22 heavy (non-hydrogen) atoms. The summed E-state index contributed by atoms with van der Waals surface area (Å²) in [5.74, 6) is 0. The molecule has 2 rings (SSSR count). The number of aryl methyl sites for hydroxylation is 1. The molecule has 2 N–H and O–H groups in total. The van der Waals surface area contributed by atoms with Crippen LogP contribution in [0.1, 0.15) is 44.1 Å². The second kappa shape index (κ2) is 7.63. The molecule has 5 nitrogen and oxygen atoms in total. The Balaban J connectivity index is 1.98. The van der Waals surface area contributed by atoms with Gasteiger partial charge in [0.15, 0.2) is 0 Å². The van der Waals surface area contributed by atoms with Gasteiger partial charge in [-0.05, 0) is 31.2 Å². The zero-order valence-corrected chi connectivity index (χ0v) is 13.6. The Morgan fingerprint density at radius 2 is 1.77 bits per heavy atom. The van der Waals surface area contributed by atoms with Crippen LogP contribution >= 0.6 is 0 Å². The molecule has 0 aliphatic heterocycles. The number of nitrogens with zero attached hydrogens (tertiary/aromatic N) is 1. The first-order valence-corrected chi connectivity index (χ1v) is 9.37. The first-order chi connectivity index (χ1) is 10.5. The topological polar surface area (TPSA) is 80.5 Å². The van der Waals surface area contributed by atoms with Gasteiger partial charge >= 0.3 is 6.03 Å². The van der Waals surface area contributed by atoms with Crippen LogP contribution in [0.2, 0.25) is 0 Å². The van der Waals surface area contributed by atoms with Crippen molar-refractivity contribution in [2.24, 2.45) is 5.73 Å². The fourth-order valence-corrected chi connectivity index (χ4v) is 4.90. The quantitative estimate of drug-likeness (QED) is 0.873. The largest absolute Gasteiger partial charge is 0.351 e. The Morgan fingerprint density at radius 3 is 2.36 bits per heavy atom. The van der Waals surface area contributed by atoms with Gasteiger partial charge < -0.3 is 5.73 Å². The van der Waals surface area contributed by atoms with Crippen molar-refractivity contribution in [1.82, 2.24) is 4.31 Å². The summed E-state index contributed by atoms with van der Waals surface area (Å²) in [6.07, 6.45) is 5.44. The van der Waals surface area contributed by atoms with Crippen molar-refractivity contribution in [3.8, 4) is 0 Å². The number of amides is 2. The molecule has 6 heteroatoms. The maximum atomic E-state index is 12.6. The van der Waals surface area contributed by atoms with Crippen LogP contribution in [0.25, 0.3) is 0 Å². The maximum Gasteiger partial charge on any atom is 0.328 e. The average Bonchev–Trinajstić information content (AvgIpc) is 2.53. The average molecular weight is 324 g/mol. The van der Waals surface area contributed by atoms with Crippen LogP contribution in [0.4, 0.5) is 4.79 Å². The molecule has 0 atom stereocenters. The lowest BCUT2D eigenvalue weighted by molar-refractivity contribution is 0.231. The third kappa shape index (κ3) is 4.22. The molecule has 1 fully saturated rings. The van der Waals surface area contributed by atoms with E-state index in [0.29, 0.717) is 19.3 Å². The van der Waals surface area contributed by atoms with Gasteiger partial charge in [-0.25, -0.2) is 17.5 Å². The number of primary amides is 1. The third-order valence-corrected chi connectivity index (χ3v) is 6.49. The molecule has 122 valence electrons. The summed E-state index contributed by atoms with van der Waals surface area (Å²) in [5, 5.41) is -0.453. The van der Waals surface area contributed by atoms with Crippen molar-refractivity contribution in [2.45, 2.75) is 50.2 Å². The summed E-state index contributed by atoms with van der Waals surface area (Å²) in [6.45, 7) is 0.156. The predicted octanol–water partition coefficient (Wildman–Crippen LogP) is 2.66. The minimum atomic E-state index is -3.62. The van der Waals surface area contributed by atoms with Gasteiger partial charge in [-0.3, -0.25) is 0 Å². The van der Waals surface area contributed by atoms with E-state index >= 15 is 0 Å². The van der Waals surface area contributed by atoms with E-state index < -0.39 is 21.3 Å². The smallest absolute Gasteiger partial charge is 0.328 e. The fourth-order valence-electron chi connectivity index (χ4n) is 2.98. The molecule has 0 bridgehead atoms. The normalized spacial score (nSPS) is 16.4. The van der Waals surface area contributed by atoms with Crippen LogP contribution in [-0.4, -0.2) is 30.5 Å². The lowest BCUT2D eigenvalue weighted by Gasteiger charge is -2.28. The predicted molar refractivity (Wildman–Crippen MR) is 86.8 cm³/mol. The molecule has 1 aliphatic rings. The minimum absolute atomic E-state index is 0.156. The molecule has 1 aromatic rings. The molecule has 1 aliphatic carbocycles. The summed E-state index contributed by atoms with van der Waals surface area (Å²) in [6, 6.07) is 8.94. The minimum Gasteiger partial charge on any atom is -0.351 e. The highest BCUT2D eigenvalue weighted by atomic mass is 32.2. The summed E-state index contributed by atoms with van der Waals surface area (Å²) >= 11 is 0. The van der Waals surface area contributed by atoms with E-state index in [9.17, 15) is 13.2 Å². The number of urea groups is 1. The van der Waals surface area contributed by atoms with Crippen molar-refractivity contribution >= 4 is 16.1 Å². The number of carbonyl (C=O) groups excluding carboxylic acids is 1. The molecular weight excluding hydrogens is 300 g/mol. The lowest BCUT2D eigenvalue weighted by atomic mass is 10.0. The van der Waals surface area contributed by atoms with E-state index in [1.54, 1.807) is 0 Å². The van der Waals surface area contributed by atoms with Crippen molar-refractivity contribution < 1.29 is 13.2 Å². The molecule has 0 spiro atoms. The molecule has 1 saturated carbocycles. The third-order valence-electron chi connectivity index (χ3n) is 4.20. The van der Waals surface area contributed by atoms with Crippen molar-refractivity contribution in [3.05, 3.63) is 35.9 Å². The first kappa shape index (κ1) is 16.8. The van der Waals surface area contributed by atoms with Crippen LogP contribution < -0.4 is 5.73 Å². The Hall–Kier alpha value is -1.56. The van der Waals surface area contributed by atoms with Crippen LogP contribution in [0.15, 0.2) is 30.3 Å². The van der Waals surface area contributed by atoms with E-state index in [2.05, 4.69) is 0 Å². The SMILES string of the molecule is NC(=O)N(CCCc1ccccc1)S(=O)(=O)C1CCCCC1. The van der Waals surface area contributed by atoms with Crippen molar-refractivity contribution in [1.29, 1.82) is 0 Å². The van der Waals surface area contributed by atoms with Gasteiger partial charge in [-0.15, -0.1) is 0 Å². The van der Waals surface area contributed by atoms with Gasteiger partial charge in [0.2, 0.25) is 10.0 Å². The van der Waals surface area contributed by atoms with E-state index in [1.807, 2.05) is 30.3 Å². The molecule has 0 heterocycles. The van der Waals surface area contributed by atoms with Gasteiger partial charge in [0.05, 0.1) is 5.25 Å². The highest BCUT2D eigenvalue weighted by molar-refractivity contribution is 7.90. The van der Waals surface area contributed by atoms with E-state index in [1.165, 1.54) is 0 Å². The molecule has 0 aromatic heterocycles. The fraction of sp³-hybridized carbons (Fsp3) is 0.562. The molecule has 2 amide bonds. The molecule has 0 saturated heterocycles. The Kier molecular flexibility index (Phi) is 5.83.